The number of aliphatic hydroxyl groups is 1. The van der Waals surface area contributed by atoms with Gasteiger partial charge in [-0.2, -0.15) is 5.26 Å². The minimum atomic E-state index is -0.579. The average molecular weight is 262 g/mol. The fourth-order valence-corrected chi connectivity index (χ4v) is 1.51. The Bertz CT molecular complexity index is 458. The molecular weight excluding hydrogens is 240 g/mol. The summed E-state index contributed by atoms with van der Waals surface area (Å²) in [5, 5.41) is 21.8. The van der Waals surface area contributed by atoms with Crippen LogP contribution in [0, 0.1) is 18.3 Å². The third kappa shape index (κ3) is 5.73. The number of aryl methyl sites for hydroxylation is 1. The summed E-state index contributed by atoms with van der Waals surface area (Å²) in [7, 11) is 0. The van der Waals surface area contributed by atoms with Crippen molar-refractivity contribution in [1.29, 1.82) is 5.26 Å². The predicted molar refractivity (Wildman–Crippen MR) is 76.1 cm³/mol. The summed E-state index contributed by atoms with van der Waals surface area (Å²) in [6.07, 6.45) is -0.579. The lowest BCUT2D eigenvalue weighted by Crippen LogP contribution is -2.30. The summed E-state index contributed by atoms with van der Waals surface area (Å²) in [5.74, 6) is 0. The maximum absolute atomic E-state index is 9.84. The van der Waals surface area contributed by atoms with Crippen molar-refractivity contribution in [3.05, 3.63) is 29.3 Å². The van der Waals surface area contributed by atoms with Crippen LogP contribution >= 0.6 is 0 Å². The monoisotopic (exact) mass is 262 g/mol. The van der Waals surface area contributed by atoms with Crippen LogP contribution < -0.4 is 5.32 Å². The Labute approximate surface area is 115 Å². The molecule has 0 spiro atoms. The van der Waals surface area contributed by atoms with E-state index in [9.17, 15) is 5.11 Å². The SMILES string of the molecule is Cc1ccc(C#N)cc1NCC(O)COC(C)(C)C. The molecule has 0 aliphatic heterocycles. The number of hydrogen-bond donors (Lipinski definition) is 2. The standard InChI is InChI=1S/C15H22N2O2/c1-11-5-6-12(8-16)7-14(11)17-9-13(18)10-19-15(2,3)4/h5-7,13,17-18H,9-10H2,1-4H3. The van der Waals surface area contributed by atoms with Gasteiger partial charge in [-0.3, -0.25) is 0 Å². The largest absolute Gasteiger partial charge is 0.389 e. The lowest BCUT2D eigenvalue weighted by atomic mass is 10.1. The molecular formula is C15H22N2O2. The van der Waals surface area contributed by atoms with Crippen molar-refractivity contribution in [2.75, 3.05) is 18.5 Å². The Morgan fingerprint density at radius 2 is 2.11 bits per heavy atom. The van der Waals surface area contributed by atoms with Crippen LogP contribution in [0.4, 0.5) is 5.69 Å². The van der Waals surface area contributed by atoms with E-state index < -0.39 is 6.10 Å². The van der Waals surface area contributed by atoms with E-state index >= 15 is 0 Å². The molecule has 0 radical (unpaired) electrons. The van der Waals surface area contributed by atoms with Crippen molar-refractivity contribution >= 4 is 5.69 Å². The van der Waals surface area contributed by atoms with Gasteiger partial charge in [-0.1, -0.05) is 6.07 Å². The molecule has 0 bridgehead atoms. The molecule has 1 unspecified atom stereocenters. The summed E-state index contributed by atoms with van der Waals surface area (Å²) in [6.45, 7) is 8.50. The molecule has 4 nitrogen and oxygen atoms in total. The molecule has 2 N–H and O–H groups in total. The molecule has 0 aliphatic rings. The first-order valence-electron chi connectivity index (χ1n) is 6.38. The van der Waals surface area contributed by atoms with Crippen molar-refractivity contribution in [2.24, 2.45) is 0 Å². The second-order valence-corrected chi connectivity index (χ2v) is 5.60. The first-order valence-corrected chi connectivity index (χ1v) is 6.38. The van der Waals surface area contributed by atoms with E-state index in [4.69, 9.17) is 10.00 Å². The average Bonchev–Trinajstić information content (AvgIpc) is 2.34. The molecule has 1 aromatic rings. The number of hydrogen-bond acceptors (Lipinski definition) is 4. The number of aliphatic hydroxyl groups excluding tert-OH is 1. The number of nitriles is 1. The molecule has 1 atom stereocenters. The van der Waals surface area contributed by atoms with E-state index in [0.717, 1.165) is 11.3 Å². The van der Waals surface area contributed by atoms with Crippen molar-refractivity contribution in [1.82, 2.24) is 0 Å². The zero-order valence-corrected chi connectivity index (χ0v) is 12.0. The Balaban J connectivity index is 2.50. The van der Waals surface area contributed by atoms with Crippen LogP contribution in [0.5, 0.6) is 0 Å². The Hall–Kier alpha value is -1.57. The van der Waals surface area contributed by atoms with Crippen LogP contribution in [0.1, 0.15) is 31.9 Å². The third-order valence-electron chi connectivity index (χ3n) is 2.60. The highest BCUT2D eigenvalue weighted by molar-refractivity contribution is 5.55. The molecule has 0 heterocycles. The van der Waals surface area contributed by atoms with E-state index in [-0.39, 0.29) is 12.2 Å². The van der Waals surface area contributed by atoms with Crippen LogP contribution in [0.3, 0.4) is 0 Å². The maximum atomic E-state index is 9.84. The number of nitrogens with one attached hydrogen (secondary N) is 1. The van der Waals surface area contributed by atoms with Crippen molar-refractivity contribution < 1.29 is 9.84 Å². The fraction of sp³-hybridized carbons (Fsp3) is 0.533. The highest BCUT2D eigenvalue weighted by Crippen LogP contribution is 2.16. The second-order valence-electron chi connectivity index (χ2n) is 5.60. The maximum Gasteiger partial charge on any atom is 0.0992 e. The third-order valence-corrected chi connectivity index (χ3v) is 2.60. The van der Waals surface area contributed by atoms with E-state index in [1.54, 1.807) is 12.1 Å². The number of rotatable bonds is 5. The minimum absolute atomic E-state index is 0.252. The molecule has 0 amide bonds. The Morgan fingerprint density at radius 1 is 1.42 bits per heavy atom. The second kappa shape index (κ2) is 6.55. The lowest BCUT2D eigenvalue weighted by molar-refractivity contribution is -0.0449. The van der Waals surface area contributed by atoms with Gasteiger partial charge < -0.3 is 15.2 Å². The van der Waals surface area contributed by atoms with Gasteiger partial charge in [-0.05, 0) is 45.4 Å². The van der Waals surface area contributed by atoms with Crippen LogP contribution in [0.25, 0.3) is 0 Å². The minimum Gasteiger partial charge on any atom is -0.389 e. The van der Waals surface area contributed by atoms with Gasteiger partial charge in [0.2, 0.25) is 0 Å². The molecule has 1 aromatic carbocycles. The van der Waals surface area contributed by atoms with Gasteiger partial charge in [0.1, 0.15) is 0 Å². The van der Waals surface area contributed by atoms with Crippen LogP contribution in [0.2, 0.25) is 0 Å². The molecule has 0 aliphatic carbocycles. The van der Waals surface area contributed by atoms with Crippen LogP contribution in [-0.4, -0.2) is 30.0 Å². The van der Waals surface area contributed by atoms with Gasteiger partial charge in [0.05, 0.1) is 29.9 Å². The first kappa shape index (κ1) is 15.5. The van der Waals surface area contributed by atoms with E-state index in [2.05, 4.69) is 11.4 Å². The van der Waals surface area contributed by atoms with Gasteiger partial charge >= 0.3 is 0 Å². The highest BCUT2D eigenvalue weighted by atomic mass is 16.5. The number of anilines is 1. The summed E-state index contributed by atoms with van der Waals surface area (Å²) in [4.78, 5) is 0. The van der Waals surface area contributed by atoms with Gasteiger partial charge in [0.25, 0.3) is 0 Å². The normalized spacial score (nSPS) is 12.8. The van der Waals surface area contributed by atoms with E-state index in [0.29, 0.717) is 12.1 Å². The van der Waals surface area contributed by atoms with Gasteiger partial charge in [0, 0.05) is 12.2 Å². The zero-order valence-electron chi connectivity index (χ0n) is 12.0. The lowest BCUT2D eigenvalue weighted by Gasteiger charge is -2.22. The van der Waals surface area contributed by atoms with Crippen molar-refractivity contribution in [3.8, 4) is 6.07 Å². The molecule has 0 saturated carbocycles. The van der Waals surface area contributed by atoms with E-state index in [1.165, 1.54) is 0 Å². The molecule has 0 saturated heterocycles. The smallest absolute Gasteiger partial charge is 0.0992 e. The molecule has 104 valence electrons. The molecule has 0 fully saturated rings. The first-order chi connectivity index (χ1) is 8.81. The summed E-state index contributed by atoms with van der Waals surface area (Å²) < 4.78 is 5.51. The Morgan fingerprint density at radius 3 is 2.68 bits per heavy atom. The number of benzene rings is 1. The fourth-order valence-electron chi connectivity index (χ4n) is 1.51. The van der Waals surface area contributed by atoms with Gasteiger partial charge in [0.15, 0.2) is 0 Å². The predicted octanol–water partition coefficient (Wildman–Crippen LogP) is 2.45. The molecule has 19 heavy (non-hydrogen) atoms. The topological polar surface area (TPSA) is 65.3 Å². The molecule has 4 heteroatoms. The van der Waals surface area contributed by atoms with Crippen LogP contribution in [0.15, 0.2) is 18.2 Å². The van der Waals surface area contributed by atoms with Gasteiger partial charge in [-0.25, -0.2) is 0 Å². The molecule has 1 rings (SSSR count). The van der Waals surface area contributed by atoms with Crippen molar-refractivity contribution in [3.63, 3.8) is 0 Å². The van der Waals surface area contributed by atoms with Crippen molar-refractivity contribution in [2.45, 2.75) is 39.4 Å². The van der Waals surface area contributed by atoms with Gasteiger partial charge in [-0.15, -0.1) is 0 Å². The summed E-state index contributed by atoms with van der Waals surface area (Å²) >= 11 is 0. The Kier molecular flexibility index (Phi) is 5.34. The highest BCUT2D eigenvalue weighted by Gasteiger charge is 2.13. The quantitative estimate of drug-likeness (QED) is 0.855. The molecule has 0 aromatic heterocycles. The number of ether oxygens (including phenoxy) is 1. The van der Waals surface area contributed by atoms with Crippen LogP contribution in [-0.2, 0) is 4.74 Å². The van der Waals surface area contributed by atoms with E-state index in [1.807, 2.05) is 33.8 Å². The summed E-state index contributed by atoms with van der Waals surface area (Å²) in [6, 6.07) is 7.55. The summed E-state index contributed by atoms with van der Waals surface area (Å²) in [5.41, 5.74) is 2.27. The zero-order chi connectivity index (χ0) is 14.5. The number of nitrogens with zero attached hydrogens (tertiary/aromatic N) is 1.